The fourth-order valence-electron chi connectivity index (χ4n) is 2.28. The molecule has 1 N–H and O–H groups in total. The van der Waals surface area contributed by atoms with Crippen LogP contribution in [0, 0.1) is 0 Å². The highest BCUT2D eigenvalue weighted by Gasteiger charge is 2.15. The van der Waals surface area contributed by atoms with Crippen molar-refractivity contribution in [3.8, 4) is 11.5 Å². The van der Waals surface area contributed by atoms with Crippen LogP contribution < -0.4 is 5.32 Å². The molecule has 0 bridgehead atoms. The molecule has 6 nitrogen and oxygen atoms in total. The van der Waals surface area contributed by atoms with E-state index in [0.717, 1.165) is 30.4 Å². The van der Waals surface area contributed by atoms with Gasteiger partial charge < -0.3 is 14.6 Å². The van der Waals surface area contributed by atoms with Crippen LogP contribution in [-0.2, 0) is 11.2 Å². The number of pyridine rings is 1. The highest BCUT2D eigenvalue weighted by molar-refractivity contribution is 9.10. The molecule has 3 rings (SSSR count). The SMILES string of the molecule is Brc1cccnc1-c1noc(CCOC2CCNCC2)n1. The van der Waals surface area contributed by atoms with Crippen molar-refractivity contribution in [3.63, 3.8) is 0 Å². The van der Waals surface area contributed by atoms with Gasteiger partial charge in [-0.3, -0.25) is 4.98 Å². The third-order valence-electron chi connectivity index (χ3n) is 3.39. The van der Waals surface area contributed by atoms with E-state index in [-0.39, 0.29) is 0 Å². The first-order valence-electron chi connectivity index (χ1n) is 7.09. The zero-order valence-electron chi connectivity index (χ0n) is 11.6. The number of halogens is 1. The summed E-state index contributed by atoms with van der Waals surface area (Å²) in [6.07, 6.45) is 4.81. The van der Waals surface area contributed by atoms with Crippen LogP contribution >= 0.6 is 15.9 Å². The summed E-state index contributed by atoms with van der Waals surface area (Å²) in [7, 11) is 0. The number of hydrogen-bond acceptors (Lipinski definition) is 6. The lowest BCUT2D eigenvalue weighted by Gasteiger charge is -2.22. The second kappa shape index (κ2) is 7.11. The van der Waals surface area contributed by atoms with Crippen molar-refractivity contribution >= 4 is 15.9 Å². The Morgan fingerprint density at radius 1 is 1.38 bits per heavy atom. The Bertz CT molecular complexity index is 584. The zero-order chi connectivity index (χ0) is 14.5. The Hall–Kier alpha value is -1.31. The lowest BCUT2D eigenvalue weighted by molar-refractivity contribution is 0.0322. The van der Waals surface area contributed by atoms with E-state index in [2.05, 4.69) is 36.4 Å². The van der Waals surface area contributed by atoms with Gasteiger partial charge in [0.1, 0.15) is 5.69 Å². The first kappa shape index (κ1) is 14.6. The van der Waals surface area contributed by atoms with Gasteiger partial charge in [0.15, 0.2) is 0 Å². The van der Waals surface area contributed by atoms with Crippen LogP contribution in [0.1, 0.15) is 18.7 Å². The predicted molar refractivity (Wildman–Crippen MR) is 80.8 cm³/mol. The van der Waals surface area contributed by atoms with Gasteiger partial charge in [-0.1, -0.05) is 5.16 Å². The summed E-state index contributed by atoms with van der Waals surface area (Å²) in [5.74, 6) is 1.08. The molecule has 0 saturated carbocycles. The fraction of sp³-hybridized carbons (Fsp3) is 0.500. The number of aromatic nitrogens is 3. The molecule has 0 unspecified atom stereocenters. The Balaban J connectivity index is 1.54. The molecule has 0 amide bonds. The molecule has 1 saturated heterocycles. The van der Waals surface area contributed by atoms with Crippen LogP contribution in [0.4, 0.5) is 0 Å². The first-order chi connectivity index (χ1) is 10.3. The van der Waals surface area contributed by atoms with E-state index in [9.17, 15) is 0 Å². The summed E-state index contributed by atoms with van der Waals surface area (Å²) in [6.45, 7) is 2.67. The van der Waals surface area contributed by atoms with Gasteiger partial charge in [-0.15, -0.1) is 0 Å². The highest BCUT2D eigenvalue weighted by atomic mass is 79.9. The molecule has 7 heteroatoms. The predicted octanol–water partition coefficient (Wildman–Crippen LogP) is 2.21. The molecular weight excluding hydrogens is 336 g/mol. The van der Waals surface area contributed by atoms with Crippen molar-refractivity contribution in [2.75, 3.05) is 19.7 Å². The van der Waals surface area contributed by atoms with Gasteiger partial charge in [0.2, 0.25) is 11.7 Å². The summed E-state index contributed by atoms with van der Waals surface area (Å²) in [4.78, 5) is 8.61. The monoisotopic (exact) mass is 352 g/mol. The number of hydrogen-bond donors (Lipinski definition) is 1. The van der Waals surface area contributed by atoms with Gasteiger partial charge in [0.05, 0.1) is 19.1 Å². The zero-order valence-corrected chi connectivity index (χ0v) is 13.2. The molecule has 0 radical (unpaired) electrons. The summed E-state index contributed by atoms with van der Waals surface area (Å²) in [6, 6.07) is 3.75. The van der Waals surface area contributed by atoms with Crippen LogP contribution in [0.3, 0.4) is 0 Å². The Labute approximate surface area is 131 Å². The molecule has 2 aromatic rings. The quantitative estimate of drug-likeness (QED) is 0.889. The minimum atomic E-state index is 0.346. The lowest BCUT2D eigenvalue weighted by atomic mass is 10.1. The summed E-state index contributed by atoms with van der Waals surface area (Å²) >= 11 is 3.43. The van der Waals surface area contributed by atoms with Gasteiger partial charge in [-0.2, -0.15) is 4.98 Å². The number of nitrogens with one attached hydrogen (secondary N) is 1. The number of nitrogens with zero attached hydrogens (tertiary/aromatic N) is 3. The van der Waals surface area contributed by atoms with E-state index in [1.807, 2.05) is 12.1 Å². The number of rotatable bonds is 5. The van der Waals surface area contributed by atoms with Crippen LogP contribution in [0.25, 0.3) is 11.5 Å². The summed E-state index contributed by atoms with van der Waals surface area (Å²) in [5.41, 5.74) is 0.687. The van der Waals surface area contributed by atoms with Gasteiger partial charge in [0, 0.05) is 10.7 Å². The number of ether oxygens (including phenoxy) is 1. The van der Waals surface area contributed by atoms with Crippen LogP contribution in [0.2, 0.25) is 0 Å². The molecule has 1 fully saturated rings. The molecule has 3 heterocycles. The maximum absolute atomic E-state index is 5.83. The molecule has 21 heavy (non-hydrogen) atoms. The fourth-order valence-corrected chi connectivity index (χ4v) is 2.71. The number of piperidine rings is 1. The van der Waals surface area contributed by atoms with Gasteiger partial charge in [0.25, 0.3) is 0 Å². The van der Waals surface area contributed by atoms with Crippen molar-refractivity contribution in [2.24, 2.45) is 0 Å². The maximum atomic E-state index is 5.83. The van der Waals surface area contributed by atoms with E-state index in [0.29, 0.717) is 36.5 Å². The van der Waals surface area contributed by atoms with Crippen molar-refractivity contribution in [1.29, 1.82) is 0 Å². The third-order valence-corrected chi connectivity index (χ3v) is 4.03. The smallest absolute Gasteiger partial charge is 0.229 e. The summed E-state index contributed by atoms with van der Waals surface area (Å²) < 4.78 is 11.9. The van der Waals surface area contributed by atoms with Crippen LogP contribution in [0.15, 0.2) is 27.3 Å². The maximum Gasteiger partial charge on any atom is 0.229 e. The van der Waals surface area contributed by atoms with Crippen molar-refractivity contribution in [1.82, 2.24) is 20.4 Å². The minimum Gasteiger partial charge on any atom is -0.378 e. The molecule has 1 aliphatic rings. The standard InChI is InChI=1S/C14H17BrN4O2/c15-11-2-1-6-17-13(11)14-18-12(21-19-14)5-9-20-10-3-7-16-8-4-10/h1-2,6,10,16H,3-5,7-9H2. The van der Waals surface area contributed by atoms with Gasteiger partial charge >= 0.3 is 0 Å². The molecule has 0 atom stereocenters. The molecule has 0 aliphatic carbocycles. The normalized spacial score (nSPS) is 16.2. The van der Waals surface area contributed by atoms with Crippen LogP contribution in [-0.4, -0.2) is 40.9 Å². The lowest BCUT2D eigenvalue weighted by Crippen LogP contribution is -2.32. The third kappa shape index (κ3) is 3.87. The van der Waals surface area contributed by atoms with Crippen molar-refractivity contribution in [3.05, 3.63) is 28.7 Å². The molecule has 0 aromatic carbocycles. The molecule has 0 spiro atoms. The average Bonchev–Trinajstić information content (AvgIpc) is 2.97. The average molecular weight is 353 g/mol. The van der Waals surface area contributed by atoms with Gasteiger partial charge in [-0.05, 0) is 54.0 Å². The topological polar surface area (TPSA) is 73.1 Å². The van der Waals surface area contributed by atoms with E-state index in [1.165, 1.54) is 0 Å². The second-order valence-electron chi connectivity index (χ2n) is 4.92. The van der Waals surface area contributed by atoms with E-state index in [4.69, 9.17) is 9.26 Å². The molecular formula is C14H17BrN4O2. The van der Waals surface area contributed by atoms with Crippen molar-refractivity contribution < 1.29 is 9.26 Å². The van der Waals surface area contributed by atoms with Gasteiger partial charge in [-0.25, -0.2) is 0 Å². The second-order valence-corrected chi connectivity index (χ2v) is 5.77. The van der Waals surface area contributed by atoms with E-state index < -0.39 is 0 Å². The first-order valence-corrected chi connectivity index (χ1v) is 7.88. The Kier molecular flexibility index (Phi) is 4.95. The van der Waals surface area contributed by atoms with E-state index in [1.54, 1.807) is 6.20 Å². The molecule has 2 aromatic heterocycles. The van der Waals surface area contributed by atoms with Crippen LogP contribution in [0.5, 0.6) is 0 Å². The largest absolute Gasteiger partial charge is 0.378 e. The molecule has 1 aliphatic heterocycles. The minimum absolute atomic E-state index is 0.346. The Morgan fingerprint density at radius 3 is 3.05 bits per heavy atom. The molecule has 112 valence electrons. The van der Waals surface area contributed by atoms with Crippen molar-refractivity contribution in [2.45, 2.75) is 25.4 Å². The highest BCUT2D eigenvalue weighted by Crippen LogP contribution is 2.22. The Morgan fingerprint density at radius 2 is 2.24 bits per heavy atom. The van der Waals surface area contributed by atoms with E-state index >= 15 is 0 Å². The summed E-state index contributed by atoms with van der Waals surface area (Å²) in [5, 5.41) is 7.29.